The number of hydrogen-bond donors (Lipinski definition) is 0. The minimum atomic E-state index is -0.465. The van der Waals surface area contributed by atoms with Crippen LogP contribution >= 0.6 is 0 Å². The molecule has 0 aliphatic carbocycles. The van der Waals surface area contributed by atoms with Crippen LogP contribution < -0.4 is 9.47 Å². The van der Waals surface area contributed by atoms with E-state index in [2.05, 4.69) is 10.5 Å². The van der Waals surface area contributed by atoms with Crippen molar-refractivity contribution in [1.29, 1.82) is 0 Å². The van der Waals surface area contributed by atoms with Crippen molar-refractivity contribution in [2.75, 3.05) is 13.2 Å². The molecule has 1 aromatic carbocycles. The van der Waals surface area contributed by atoms with E-state index in [0.29, 0.717) is 31.1 Å². The van der Waals surface area contributed by atoms with E-state index in [4.69, 9.17) is 13.9 Å². The second-order valence-corrected chi connectivity index (χ2v) is 3.86. The van der Waals surface area contributed by atoms with Gasteiger partial charge in [0.05, 0.1) is 24.2 Å². The molecule has 2 rings (SSSR count). The third-order valence-corrected chi connectivity index (χ3v) is 2.57. The Morgan fingerprint density at radius 1 is 1.53 bits per heavy atom. The number of hydrogen-bond acceptors (Lipinski definition) is 5. The lowest BCUT2D eigenvalue weighted by molar-refractivity contribution is -0.385. The van der Waals surface area contributed by atoms with Crippen molar-refractivity contribution in [2.24, 2.45) is 0 Å². The molecular weight excluding hydrogens is 242 g/mol. The number of benzene rings is 1. The Labute approximate surface area is 101 Å². The van der Waals surface area contributed by atoms with E-state index in [-0.39, 0.29) is 11.8 Å². The van der Waals surface area contributed by atoms with Crippen molar-refractivity contribution in [3.05, 3.63) is 28.3 Å². The van der Waals surface area contributed by atoms with Gasteiger partial charge in [-0.25, -0.2) is 0 Å². The molecule has 1 aliphatic heterocycles. The zero-order valence-corrected chi connectivity index (χ0v) is 9.92. The Balaban J connectivity index is 2.22. The summed E-state index contributed by atoms with van der Waals surface area (Å²) in [5.41, 5.74) is -0.0119. The van der Waals surface area contributed by atoms with E-state index in [1.165, 1.54) is 12.1 Å². The lowest BCUT2D eigenvalue weighted by atomic mass is 10.2. The fraction of sp³-hybridized carbons (Fsp3) is 0.400. The zero-order valence-electron chi connectivity index (χ0n) is 8.92. The van der Waals surface area contributed by atoms with Gasteiger partial charge in [0.15, 0.2) is 11.5 Å². The third kappa shape index (κ3) is 2.74. The number of fused-ring (bicyclic) bond motifs is 1. The maximum atomic E-state index is 10.6. The first kappa shape index (κ1) is 11.9. The maximum Gasteiger partial charge on any atom is 0.273 e. The second-order valence-electron chi connectivity index (χ2n) is 3.58. The lowest BCUT2D eigenvalue weighted by Crippen LogP contribution is -2.22. The summed E-state index contributed by atoms with van der Waals surface area (Å²) in [5.74, 6) is 0.900. The highest BCUT2D eigenvalue weighted by atomic mass is 28.2. The van der Waals surface area contributed by atoms with Gasteiger partial charge in [0.2, 0.25) is 10.5 Å². The van der Waals surface area contributed by atoms with Gasteiger partial charge in [0, 0.05) is 12.5 Å². The molecule has 0 saturated carbocycles. The largest absolute Gasteiger partial charge is 0.489 e. The van der Waals surface area contributed by atoms with Gasteiger partial charge in [-0.3, -0.25) is 10.1 Å². The molecule has 0 fully saturated rings. The van der Waals surface area contributed by atoms with Gasteiger partial charge >= 0.3 is 0 Å². The van der Waals surface area contributed by atoms with Gasteiger partial charge in [-0.1, -0.05) is 0 Å². The summed E-state index contributed by atoms with van der Waals surface area (Å²) in [6.07, 6.45) is 0.530. The Kier molecular flexibility index (Phi) is 3.60. The number of rotatable bonds is 3. The van der Waals surface area contributed by atoms with Gasteiger partial charge in [-0.2, -0.15) is 0 Å². The lowest BCUT2D eigenvalue weighted by Gasteiger charge is -2.14. The molecule has 1 atom stereocenters. The molecule has 0 amide bonds. The van der Waals surface area contributed by atoms with Crippen LogP contribution in [0.3, 0.4) is 0 Å². The van der Waals surface area contributed by atoms with Crippen molar-refractivity contribution in [2.45, 2.75) is 12.5 Å². The van der Waals surface area contributed by atoms with Crippen molar-refractivity contribution >= 4 is 16.2 Å². The van der Waals surface area contributed by atoms with Crippen LogP contribution in [0.1, 0.15) is 6.42 Å². The molecule has 89 valence electrons. The molecule has 1 unspecified atom stereocenters. The summed E-state index contributed by atoms with van der Waals surface area (Å²) < 4.78 is 15.9. The zero-order chi connectivity index (χ0) is 12.3. The first-order valence-electron chi connectivity index (χ1n) is 5.07. The number of non-ortho nitro benzene ring substituents is 1. The Morgan fingerprint density at radius 2 is 2.35 bits per heavy atom. The van der Waals surface area contributed by atoms with Crippen molar-refractivity contribution < 1.29 is 18.8 Å². The number of nitrogens with zero attached hydrogens (tertiary/aromatic N) is 1. The smallest absolute Gasteiger partial charge is 0.273 e. The molecule has 0 bridgehead atoms. The monoisotopic (exact) mass is 252 g/mol. The summed E-state index contributed by atoms with van der Waals surface area (Å²) in [6.45, 7) is 0.824. The molecule has 1 aromatic rings. The minimum Gasteiger partial charge on any atom is -0.489 e. The molecular formula is C10H10NO5Si. The summed E-state index contributed by atoms with van der Waals surface area (Å²) in [7, 11) is 2.92. The molecule has 3 radical (unpaired) electrons. The molecule has 6 nitrogen and oxygen atoms in total. The summed E-state index contributed by atoms with van der Waals surface area (Å²) >= 11 is 0. The van der Waals surface area contributed by atoms with E-state index in [0.717, 1.165) is 0 Å². The summed E-state index contributed by atoms with van der Waals surface area (Å²) in [6, 6.07) is 4.30. The fourth-order valence-electron chi connectivity index (χ4n) is 1.57. The molecule has 0 aromatic heterocycles. The Hall–Kier alpha value is -1.60. The number of nitro groups is 1. The predicted octanol–water partition coefficient (Wildman–Crippen LogP) is 1.22. The maximum absolute atomic E-state index is 10.6. The van der Waals surface area contributed by atoms with Gasteiger partial charge in [0.25, 0.3) is 5.69 Å². The van der Waals surface area contributed by atoms with Gasteiger partial charge < -0.3 is 13.9 Å². The van der Waals surface area contributed by atoms with Crippen LogP contribution in [0.15, 0.2) is 18.2 Å². The predicted molar refractivity (Wildman–Crippen MR) is 59.3 cm³/mol. The molecule has 1 heterocycles. The van der Waals surface area contributed by atoms with Crippen LogP contribution in [0.25, 0.3) is 0 Å². The van der Waals surface area contributed by atoms with Crippen LogP contribution in [-0.2, 0) is 4.43 Å². The Morgan fingerprint density at radius 3 is 3.06 bits per heavy atom. The average molecular weight is 252 g/mol. The highest BCUT2D eigenvalue weighted by Gasteiger charge is 2.20. The van der Waals surface area contributed by atoms with Gasteiger partial charge in [-0.05, 0) is 6.07 Å². The number of ether oxygens (including phenoxy) is 2. The standard InChI is InChI=1S/C10H10NO5Si/c12-11(13)7-1-2-9-10(5-7)14-4-3-8(16-9)6-15-17/h1-2,5,8H,3-4,6H2. The van der Waals surface area contributed by atoms with E-state index in [1.807, 2.05) is 0 Å². The molecule has 0 spiro atoms. The van der Waals surface area contributed by atoms with Crippen molar-refractivity contribution in [1.82, 2.24) is 0 Å². The van der Waals surface area contributed by atoms with E-state index >= 15 is 0 Å². The van der Waals surface area contributed by atoms with Gasteiger partial charge in [0.1, 0.15) is 6.10 Å². The topological polar surface area (TPSA) is 70.8 Å². The summed E-state index contributed by atoms with van der Waals surface area (Å²) in [4.78, 5) is 10.2. The Bertz CT molecular complexity index is 425. The molecule has 17 heavy (non-hydrogen) atoms. The first-order chi connectivity index (χ1) is 8.20. The average Bonchev–Trinajstić information content (AvgIpc) is 2.50. The van der Waals surface area contributed by atoms with Crippen LogP contribution in [0.5, 0.6) is 11.5 Å². The van der Waals surface area contributed by atoms with Crippen LogP contribution in [0, 0.1) is 10.1 Å². The molecule has 1 aliphatic rings. The quantitative estimate of drug-likeness (QED) is 0.459. The third-order valence-electron chi connectivity index (χ3n) is 2.40. The second kappa shape index (κ2) is 5.15. The number of nitro benzene ring substituents is 1. The van der Waals surface area contributed by atoms with Crippen molar-refractivity contribution in [3.8, 4) is 11.5 Å². The minimum absolute atomic E-state index is 0.0119. The first-order valence-corrected chi connectivity index (χ1v) is 5.48. The van der Waals surface area contributed by atoms with E-state index in [9.17, 15) is 10.1 Å². The fourth-order valence-corrected chi connectivity index (χ4v) is 1.76. The summed E-state index contributed by atoms with van der Waals surface area (Å²) in [5, 5.41) is 10.6. The molecule has 0 saturated heterocycles. The van der Waals surface area contributed by atoms with E-state index < -0.39 is 4.92 Å². The van der Waals surface area contributed by atoms with Crippen LogP contribution in [-0.4, -0.2) is 34.7 Å². The van der Waals surface area contributed by atoms with Crippen LogP contribution in [0.2, 0.25) is 0 Å². The van der Waals surface area contributed by atoms with Gasteiger partial charge in [-0.15, -0.1) is 0 Å². The van der Waals surface area contributed by atoms with Crippen molar-refractivity contribution in [3.63, 3.8) is 0 Å². The highest BCUT2D eigenvalue weighted by molar-refractivity contribution is 5.97. The SMILES string of the molecule is O=[N+]([O-])c1ccc2c(c1)OCCC(CO[Si])O2. The highest BCUT2D eigenvalue weighted by Crippen LogP contribution is 2.34. The van der Waals surface area contributed by atoms with Crippen LogP contribution in [0.4, 0.5) is 5.69 Å². The molecule has 0 N–H and O–H groups in total. The normalized spacial score (nSPS) is 18.5. The van der Waals surface area contributed by atoms with E-state index in [1.54, 1.807) is 6.07 Å². The molecule has 7 heteroatoms.